The third kappa shape index (κ3) is 3.11. The van der Waals surface area contributed by atoms with Crippen molar-refractivity contribution in [1.82, 2.24) is 9.88 Å². The standard InChI is InChI=1S/C15H20N4S/c16-14-4-1-6-17-15(14)19-10-8-18(9-11-19)7-5-13-3-2-12-20-13/h1-4,6,12H,5,7-11,16H2. The molecule has 0 unspecified atom stereocenters. The summed E-state index contributed by atoms with van der Waals surface area (Å²) in [4.78, 5) is 10.7. The molecule has 0 bridgehead atoms. The molecule has 106 valence electrons. The number of piperazine rings is 1. The van der Waals surface area contributed by atoms with E-state index in [1.165, 1.54) is 4.88 Å². The topological polar surface area (TPSA) is 45.4 Å². The molecule has 0 atom stereocenters. The summed E-state index contributed by atoms with van der Waals surface area (Å²) in [5.41, 5.74) is 6.77. The summed E-state index contributed by atoms with van der Waals surface area (Å²) in [6.07, 6.45) is 2.97. The molecule has 0 amide bonds. The highest BCUT2D eigenvalue weighted by atomic mass is 32.1. The zero-order chi connectivity index (χ0) is 13.8. The Morgan fingerprint density at radius 1 is 1.15 bits per heavy atom. The van der Waals surface area contributed by atoms with Gasteiger partial charge in [0.25, 0.3) is 0 Å². The molecular formula is C15H20N4S. The molecule has 3 heterocycles. The van der Waals surface area contributed by atoms with E-state index in [4.69, 9.17) is 5.73 Å². The normalized spacial score (nSPS) is 16.5. The van der Waals surface area contributed by atoms with Gasteiger partial charge in [0.1, 0.15) is 0 Å². The van der Waals surface area contributed by atoms with Crippen LogP contribution in [0.1, 0.15) is 4.88 Å². The molecule has 0 aliphatic carbocycles. The Hall–Kier alpha value is -1.59. The Kier molecular flexibility index (Phi) is 4.18. The van der Waals surface area contributed by atoms with Crippen LogP contribution >= 0.6 is 11.3 Å². The molecule has 1 fully saturated rings. The Morgan fingerprint density at radius 3 is 2.70 bits per heavy atom. The minimum atomic E-state index is 0.777. The molecule has 20 heavy (non-hydrogen) atoms. The van der Waals surface area contributed by atoms with E-state index in [2.05, 4.69) is 32.3 Å². The molecule has 0 radical (unpaired) electrons. The first-order valence-corrected chi connectivity index (χ1v) is 7.91. The van der Waals surface area contributed by atoms with Gasteiger partial charge in [0.2, 0.25) is 0 Å². The highest BCUT2D eigenvalue weighted by molar-refractivity contribution is 7.09. The van der Waals surface area contributed by atoms with Crippen LogP contribution in [0.4, 0.5) is 11.5 Å². The number of hydrogen-bond acceptors (Lipinski definition) is 5. The van der Waals surface area contributed by atoms with E-state index in [9.17, 15) is 0 Å². The van der Waals surface area contributed by atoms with Gasteiger partial charge in [0, 0.05) is 43.8 Å². The molecule has 2 N–H and O–H groups in total. The third-order valence-electron chi connectivity index (χ3n) is 3.74. The van der Waals surface area contributed by atoms with E-state index in [1.807, 2.05) is 29.7 Å². The van der Waals surface area contributed by atoms with E-state index in [0.29, 0.717) is 0 Å². The molecule has 5 heteroatoms. The van der Waals surface area contributed by atoms with Crippen molar-refractivity contribution in [2.24, 2.45) is 0 Å². The molecule has 1 aliphatic heterocycles. The second kappa shape index (κ2) is 6.24. The van der Waals surface area contributed by atoms with Crippen molar-refractivity contribution in [2.45, 2.75) is 6.42 Å². The second-order valence-corrected chi connectivity index (χ2v) is 6.11. The van der Waals surface area contributed by atoms with E-state index in [1.54, 1.807) is 0 Å². The fourth-order valence-electron chi connectivity index (χ4n) is 2.58. The van der Waals surface area contributed by atoms with Crippen LogP contribution in [-0.2, 0) is 6.42 Å². The quantitative estimate of drug-likeness (QED) is 0.936. The van der Waals surface area contributed by atoms with Gasteiger partial charge in [-0.1, -0.05) is 6.07 Å². The molecule has 2 aromatic heterocycles. The summed E-state index contributed by atoms with van der Waals surface area (Å²) in [7, 11) is 0. The van der Waals surface area contributed by atoms with Gasteiger partial charge in [-0.05, 0) is 30.0 Å². The summed E-state index contributed by atoms with van der Waals surface area (Å²) in [6, 6.07) is 8.15. The first-order chi connectivity index (χ1) is 9.83. The third-order valence-corrected chi connectivity index (χ3v) is 4.68. The number of pyridine rings is 1. The number of nitrogens with zero attached hydrogens (tertiary/aromatic N) is 3. The van der Waals surface area contributed by atoms with Crippen LogP contribution in [-0.4, -0.2) is 42.6 Å². The minimum Gasteiger partial charge on any atom is -0.396 e. The molecule has 1 saturated heterocycles. The van der Waals surface area contributed by atoms with Gasteiger partial charge in [-0.2, -0.15) is 0 Å². The smallest absolute Gasteiger partial charge is 0.151 e. The number of aromatic nitrogens is 1. The molecule has 0 aromatic carbocycles. The molecule has 2 aromatic rings. The van der Waals surface area contributed by atoms with E-state index >= 15 is 0 Å². The van der Waals surface area contributed by atoms with Crippen LogP contribution < -0.4 is 10.6 Å². The van der Waals surface area contributed by atoms with Crippen molar-refractivity contribution in [3.8, 4) is 0 Å². The molecule has 4 nitrogen and oxygen atoms in total. The van der Waals surface area contributed by atoms with Crippen molar-refractivity contribution in [3.05, 3.63) is 40.7 Å². The summed E-state index contributed by atoms with van der Waals surface area (Å²) < 4.78 is 0. The first kappa shape index (κ1) is 13.4. The maximum absolute atomic E-state index is 5.99. The average molecular weight is 288 g/mol. The lowest BCUT2D eigenvalue weighted by atomic mass is 10.2. The maximum atomic E-state index is 5.99. The number of nitrogens with two attached hydrogens (primary N) is 1. The van der Waals surface area contributed by atoms with Crippen LogP contribution in [0.25, 0.3) is 0 Å². The van der Waals surface area contributed by atoms with E-state index < -0.39 is 0 Å². The van der Waals surface area contributed by atoms with Crippen molar-refractivity contribution >= 4 is 22.8 Å². The van der Waals surface area contributed by atoms with Gasteiger partial charge in [-0.25, -0.2) is 4.98 Å². The van der Waals surface area contributed by atoms with E-state index in [0.717, 1.165) is 50.6 Å². The number of anilines is 2. The number of nitrogen functional groups attached to an aromatic ring is 1. The fourth-order valence-corrected chi connectivity index (χ4v) is 3.28. The van der Waals surface area contributed by atoms with Crippen molar-refractivity contribution < 1.29 is 0 Å². The molecule has 1 aliphatic rings. The predicted molar refractivity (Wildman–Crippen MR) is 85.3 cm³/mol. The summed E-state index contributed by atoms with van der Waals surface area (Å²) in [6.45, 7) is 5.33. The SMILES string of the molecule is Nc1cccnc1N1CCN(CCc2cccs2)CC1. The summed E-state index contributed by atoms with van der Waals surface area (Å²) >= 11 is 1.85. The highest BCUT2D eigenvalue weighted by Gasteiger charge is 2.19. The molecule has 0 saturated carbocycles. The highest BCUT2D eigenvalue weighted by Crippen LogP contribution is 2.20. The fraction of sp³-hybridized carbons (Fsp3) is 0.400. The minimum absolute atomic E-state index is 0.777. The summed E-state index contributed by atoms with van der Waals surface area (Å²) in [5.74, 6) is 0.936. The van der Waals surface area contributed by atoms with Gasteiger partial charge in [0.15, 0.2) is 5.82 Å². The Bertz CT molecular complexity index is 533. The van der Waals surface area contributed by atoms with Gasteiger partial charge in [0.05, 0.1) is 5.69 Å². The van der Waals surface area contributed by atoms with E-state index in [-0.39, 0.29) is 0 Å². The zero-order valence-corrected chi connectivity index (χ0v) is 12.4. The van der Waals surface area contributed by atoms with Crippen LogP contribution in [0, 0.1) is 0 Å². The Labute approximate surface area is 123 Å². The van der Waals surface area contributed by atoms with Crippen molar-refractivity contribution in [3.63, 3.8) is 0 Å². The monoisotopic (exact) mass is 288 g/mol. The van der Waals surface area contributed by atoms with Crippen LogP contribution in [0.15, 0.2) is 35.8 Å². The van der Waals surface area contributed by atoms with Crippen LogP contribution in [0.2, 0.25) is 0 Å². The van der Waals surface area contributed by atoms with Crippen molar-refractivity contribution in [2.75, 3.05) is 43.4 Å². The number of hydrogen-bond donors (Lipinski definition) is 1. The Balaban J connectivity index is 1.51. The Morgan fingerprint density at radius 2 is 2.00 bits per heavy atom. The lowest BCUT2D eigenvalue weighted by Gasteiger charge is -2.35. The lowest BCUT2D eigenvalue weighted by Crippen LogP contribution is -2.47. The zero-order valence-electron chi connectivity index (χ0n) is 11.5. The maximum Gasteiger partial charge on any atom is 0.151 e. The van der Waals surface area contributed by atoms with Gasteiger partial charge in [-0.15, -0.1) is 11.3 Å². The van der Waals surface area contributed by atoms with Gasteiger partial charge < -0.3 is 10.6 Å². The predicted octanol–water partition coefficient (Wildman–Crippen LogP) is 2.09. The largest absolute Gasteiger partial charge is 0.396 e. The van der Waals surface area contributed by atoms with Crippen LogP contribution in [0.3, 0.4) is 0 Å². The van der Waals surface area contributed by atoms with Gasteiger partial charge >= 0.3 is 0 Å². The summed E-state index contributed by atoms with van der Waals surface area (Å²) in [5, 5.41) is 2.15. The van der Waals surface area contributed by atoms with Crippen molar-refractivity contribution in [1.29, 1.82) is 0 Å². The van der Waals surface area contributed by atoms with Gasteiger partial charge in [-0.3, -0.25) is 4.90 Å². The molecule has 3 rings (SSSR count). The molecular weight excluding hydrogens is 268 g/mol. The number of rotatable bonds is 4. The average Bonchev–Trinajstić information content (AvgIpc) is 3.00. The second-order valence-electron chi connectivity index (χ2n) is 5.07. The number of thiophene rings is 1. The molecule has 0 spiro atoms. The first-order valence-electron chi connectivity index (χ1n) is 7.03. The lowest BCUT2D eigenvalue weighted by molar-refractivity contribution is 0.261. The van der Waals surface area contributed by atoms with Crippen LogP contribution in [0.5, 0.6) is 0 Å².